The summed E-state index contributed by atoms with van der Waals surface area (Å²) in [5.41, 5.74) is 3.15. The second-order valence-electron chi connectivity index (χ2n) is 6.03. The van der Waals surface area contributed by atoms with Crippen molar-refractivity contribution >= 4 is 15.9 Å². The van der Waals surface area contributed by atoms with Gasteiger partial charge in [-0.25, -0.2) is 0 Å². The van der Waals surface area contributed by atoms with Crippen LogP contribution in [0.3, 0.4) is 0 Å². The first-order valence-corrected chi connectivity index (χ1v) is 7.83. The topological polar surface area (TPSA) is 15.3 Å². The Labute approximate surface area is 117 Å². The number of benzene rings is 1. The number of nitrogens with zero attached hydrogens (tertiary/aromatic N) is 1. The molecule has 1 aromatic carbocycles. The van der Waals surface area contributed by atoms with Crippen LogP contribution in [-0.2, 0) is 6.42 Å². The molecule has 0 saturated carbocycles. The van der Waals surface area contributed by atoms with Gasteiger partial charge >= 0.3 is 0 Å². The Bertz CT molecular complexity index is 462. The highest BCUT2D eigenvalue weighted by atomic mass is 79.9. The quantitative estimate of drug-likeness (QED) is 0.858. The largest absolute Gasteiger partial charge is 0.316 e. The zero-order chi connectivity index (χ0) is 12.1. The Morgan fingerprint density at radius 3 is 2.72 bits per heavy atom. The molecule has 3 heteroatoms. The van der Waals surface area contributed by atoms with Crippen LogP contribution in [0.1, 0.15) is 23.6 Å². The van der Waals surface area contributed by atoms with Crippen molar-refractivity contribution in [3.8, 4) is 0 Å². The fraction of sp³-hybridized carbons (Fsp3) is 0.600. The van der Waals surface area contributed by atoms with E-state index in [1.165, 1.54) is 43.5 Å². The molecule has 0 radical (unpaired) electrons. The summed E-state index contributed by atoms with van der Waals surface area (Å²) in [4.78, 5) is 2.74. The van der Waals surface area contributed by atoms with E-state index < -0.39 is 0 Å². The van der Waals surface area contributed by atoms with Gasteiger partial charge in [0.05, 0.1) is 0 Å². The van der Waals surface area contributed by atoms with Crippen LogP contribution < -0.4 is 5.32 Å². The standard InChI is InChI=1S/C15H19BrN2/c16-13-3-1-10-2-4-15(14(10)5-13)18-8-11-6-17-7-12(11)9-18/h1,3,5,11-12,15,17H,2,4,6-9H2. The van der Waals surface area contributed by atoms with Crippen LogP contribution in [0.5, 0.6) is 0 Å². The summed E-state index contributed by atoms with van der Waals surface area (Å²) >= 11 is 3.62. The number of nitrogens with one attached hydrogen (secondary N) is 1. The number of aryl methyl sites for hydroxylation is 1. The molecule has 18 heavy (non-hydrogen) atoms. The van der Waals surface area contributed by atoms with E-state index in [0.717, 1.165) is 11.8 Å². The fourth-order valence-electron chi connectivity index (χ4n) is 4.08. The average molecular weight is 307 g/mol. The molecule has 3 unspecified atom stereocenters. The molecule has 0 spiro atoms. The molecule has 1 aromatic rings. The first-order chi connectivity index (χ1) is 8.81. The predicted molar refractivity (Wildman–Crippen MR) is 76.6 cm³/mol. The zero-order valence-electron chi connectivity index (χ0n) is 10.5. The number of fused-ring (bicyclic) bond motifs is 2. The van der Waals surface area contributed by atoms with Crippen LogP contribution in [0.25, 0.3) is 0 Å². The maximum atomic E-state index is 3.62. The van der Waals surface area contributed by atoms with Crippen LogP contribution in [0.4, 0.5) is 0 Å². The van der Waals surface area contributed by atoms with Crippen molar-refractivity contribution in [2.24, 2.45) is 11.8 Å². The van der Waals surface area contributed by atoms with Gasteiger partial charge < -0.3 is 5.32 Å². The summed E-state index contributed by atoms with van der Waals surface area (Å²) < 4.78 is 1.23. The molecule has 0 amide bonds. The van der Waals surface area contributed by atoms with E-state index in [1.807, 2.05) is 0 Å². The van der Waals surface area contributed by atoms with E-state index >= 15 is 0 Å². The number of likely N-dealkylation sites (tertiary alicyclic amines) is 1. The van der Waals surface area contributed by atoms with Crippen molar-refractivity contribution < 1.29 is 0 Å². The molecule has 1 aliphatic carbocycles. The van der Waals surface area contributed by atoms with Crippen LogP contribution in [0.15, 0.2) is 22.7 Å². The summed E-state index contributed by atoms with van der Waals surface area (Å²) in [6.07, 6.45) is 2.58. The zero-order valence-corrected chi connectivity index (χ0v) is 12.1. The average Bonchev–Trinajstić information content (AvgIpc) is 2.99. The SMILES string of the molecule is Brc1ccc2c(c1)C(N1CC3CNCC3C1)CC2. The number of halogens is 1. The molecule has 4 rings (SSSR count). The van der Waals surface area contributed by atoms with E-state index in [0.29, 0.717) is 6.04 Å². The Kier molecular flexibility index (Phi) is 2.75. The Morgan fingerprint density at radius 1 is 1.17 bits per heavy atom. The molecule has 2 saturated heterocycles. The van der Waals surface area contributed by atoms with Gasteiger partial charge in [-0.2, -0.15) is 0 Å². The Morgan fingerprint density at radius 2 is 1.94 bits per heavy atom. The van der Waals surface area contributed by atoms with E-state index in [9.17, 15) is 0 Å². The number of hydrogen-bond acceptors (Lipinski definition) is 2. The molecular formula is C15H19BrN2. The molecule has 2 aliphatic heterocycles. The molecule has 2 nitrogen and oxygen atoms in total. The normalized spacial score (nSPS) is 34.8. The van der Waals surface area contributed by atoms with Gasteiger partial charge in [-0.3, -0.25) is 4.90 Å². The number of rotatable bonds is 1. The minimum absolute atomic E-state index is 0.683. The van der Waals surface area contributed by atoms with Crippen LogP contribution in [0, 0.1) is 11.8 Å². The lowest BCUT2D eigenvalue weighted by molar-refractivity contribution is 0.228. The third kappa shape index (κ3) is 1.75. The Hall–Kier alpha value is -0.380. The molecule has 2 heterocycles. The summed E-state index contributed by atoms with van der Waals surface area (Å²) in [6, 6.07) is 7.52. The van der Waals surface area contributed by atoms with E-state index in [-0.39, 0.29) is 0 Å². The van der Waals surface area contributed by atoms with Crippen molar-refractivity contribution in [1.82, 2.24) is 10.2 Å². The van der Waals surface area contributed by atoms with Crippen LogP contribution in [0.2, 0.25) is 0 Å². The van der Waals surface area contributed by atoms with Crippen molar-refractivity contribution in [2.45, 2.75) is 18.9 Å². The number of hydrogen-bond donors (Lipinski definition) is 1. The molecule has 0 aromatic heterocycles. The minimum atomic E-state index is 0.683. The first-order valence-electron chi connectivity index (χ1n) is 7.04. The smallest absolute Gasteiger partial charge is 0.0354 e. The maximum absolute atomic E-state index is 3.62. The van der Waals surface area contributed by atoms with Crippen molar-refractivity contribution in [3.63, 3.8) is 0 Å². The van der Waals surface area contributed by atoms with Crippen molar-refractivity contribution in [2.75, 3.05) is 26.2 Å². The maximum Gasteiger partial charge on any atom is 0.0354 e. The van der Waals surface area contributed by atoms with E-state index in [1.54, 1.807) is 11.1 Å². The first kappa shape index (κ1) is 11.4. The molecule has 3 aliphatic rings. The minimum Gasteiger partial charge on any atom is -0.316 e. The van der Waals surface area contributed by atoms with Crippen LogP contribution >= 0.6 is 15.9 Å². The van der Waals surface area contributed by atoms with Gasteiger partial charge in [0.15, 0.2) is 0 Å². The van der Waals surface area contributed by atoms with Gasteiger partial charge in [0, 0.05) is 23.6 Å². The second kappa shape index (κ2) is 4.32. The van der Waals surface area contributed by atoms with Gasteiger partial charge in [-0.15, -0.1) is 0 Å². The molecule has 1 N–H and O–H groups in total. The van der Waals surface area contributed by atoms with Gasteiger partial charge in [-0.1, -0.05) is 22.0 Å². The lowest BCUT2D eigenvalue weighted by Crippen LogP contribution is -2.28. The Balaban J connectivity index is 1.59. The van der Waals surface area contributed by atoms with E-state index in [4.69, 9.17) is 0 Å². The molecule has 96 valence electrons. The van der Waals surface area contributed by atoms with Gasteiger partial charge in [0.25, 0.3) is 0 Å². The summed E-state index contributed by atoms with van der Waals surface area (Å²) in [7, 11) is 0. The lowest BCUT2D eigenvalue weighted by Gasteiger charge is -2.25. The van der Waals surface area contributed by atoms with Gasteiger partial charge in [0.1, 0.15) is 0 Å². The third-order valence-corrected chi connectivity index (χ3v) is 5.51. The highest BCUT2D eigenvalue weighted by molar-refractivity contribution is 9.10. The molecule has 0 bridgehead atoms. The van der Waals surface area contributed by atoms with E-state index in [2.05, 4.69) is 44.3 Å². The van der Waals surface area contributed by atoms with Crippen molar-refractivity contribution in [1.29, 1.82) is 0 Å². The molecular weight excluding hydrogens is 288 g/mol. The summed E-state index contributed by atoms with van der Waals surface area (Å²) in [5, 5.41) is 3.53. The van der Waals surface area contributed by atoms with Crippen molar-refractivity contribution in [3.05, 3.63) is 33.8 Å². The van der Waals surface area contributed by atoms with Crippen LogP contribution in [-0.4, -0.2) is 31.1 Å². The second-order valence-corrected chi connectivity index (χ2v) is 6.95. The van der Waals surface area contributed by atoms with Gasteiger partial charge in [0.2, 0.25) is 0 Å². The fourth-order valence-corrected chi connectivity index (χ4v) is 4.46. The third-order valence-electron chi connectivity index (χ3n) is 5.01. The molecule has 2 fully saturated rings. The predicted octanol–water partition coefficient (Wildman–Crippen LogP) is 2.59. The lowest BCUT2D eigenvalue weighted by atomic mass is 10.0. The summed E-state index contributed by atoms with van der Waals surface area (Å²) in [6.45, 7) is 5.07. The summed E-state index contributed by atoms with van der Waals surface area (Å²) in [5.74, 6) is 1.81. The highest BCUT2D eigenvalue weighted by Crippen LogP contribution is 2.41. The molecule has 3 atom stereocenters. The van der Waals surface area contributed by atoms with Gasteiger partial charge in [-0.05, 0) is 61.0 Å². The monoisotopic (exact) mass is 306 g/mol. The highest BCUT2D eigenvalue weighted by Gasteiger charge is 2.40.